The molecular weight excluding hydrogens is 222 g/mol. The van der Waals surface area contributed by atoms with E-state index in [1.54, 1.807) is 0 Å². The molecule has 90 valence electrons. The minimum atomic E-state index is -0.0105. The van der Waals surface area contributed by atoms with Gasteiger partial charge >= 0.3 is 0 Å². The third-order valence-corrected chi connectivity index (χ3v) is 3.25. The fraction of sp³-hybridized carbons (Fsp3) is 0.188. The van der Waals surface area contributed by atoms with Crippen molar-refractivity contribution in [3.63, 3.8) is 0 Å². The first kappa shape index (κ1) is 11.0. The van der Waals surface area contributed by atoms with E-state index in [2.05, 4.69) is 11.4 Å². The van der Waals surface area contributed by atoms with Crippen LogP contribution in [-0.4, -0.2) is 5.91 Å². The summed E-state index contributed by atoms with van der Waals surface area (Å²) in [5, 5.41) is 2.94. The van der Waals surface area contributed by atoms with Gasteiger partial charge in [-0.15, -0.1) is 0 Å². The highest BCUT2D eigenvalue weighted by atomic mass is 16.1. The largest absolute Gasteiger partial charge is 0.322 e. The van der Waals surface area contributed by atoms with Crippen molar-refractivity contribution in [2.24, 2.45) is 0 Å². The van der Waals surface area contributed by atoms with Crippen LogP contribution < -0.4 is 5.32 Å². The van der Waals surface area contributed by atoms with E-state index in [9.17, 15) is 4.79 Å². The van der Waals surface area contributed by atoms with Crippen LogP contribution in [-0.2, 0) is 0 Å². The molecule has 1 fully saturated rings. The van der Waals surface area contributed by atoms with Gasteiger partial charge in [0.15, 0.2) is 0 Å². The molecule has 0 saturated heterocycles. The quantitative estimate of drug-likeness (QED) is 0.864. The molecule has 1 aliphatic rings. The Morgan fingerprint density at radius 3 is 2.33 bits per heavy atom. The van der Waals surface area contributed by atoms with Gasteiger partial charge in [0.2, 0.25) is 0 Å². The molecule has 0 aromatic heterocycles. The number of hydrogen-bond acceptors (Lipinski definition) is 1. The third-order valence-electron chi connectivity index (χ3n) is 3.25. The van der Waals surface area contributed by atoms with Crippen molar-refractivity contribution in [2.45, 2.75) is 18.8 Å². The zero-order chi connectivity index (χ0) is 12.4. The zero-order valence-corrected chi connectivity index (χ0v) is 10.1. The highest BCUT2D eigenvalue weighted by Gasteiger charge is 2.27. The summed E-state index contributed by atoms with van der Waals surface area (Å²) >= 11 is 0. The molecule has 0 bridgehead atoms. The lowest BCUT2D eigenvalue weighted by atomic mass is 10.0. The average molecular weight is 237 g/mol. The molecule has 2 nitrogen and oxygen atoms in total. The van der Waals surface area contributed by atoms with Gasteiger partial charge in [0.25, 0.3) is 5.91 Å². The Kier molecular flexibility index (Phi) is 2.85. The second kappa shape index (κ2) is 4.65. The third kappa shape index (κ3) is 2.28. The van der Waals surface area contributed by atoms with Crippen molar-refractivity contribution in [3.05, 3.63) is 65.7 Å². The summed E-state index contributed by atoms with van der Waals surface area (Å²) in [6.07, 6.45) is 2.41. The first-order valence-corrected chi connectivity index (χ1v) is 6.30. The predicted octanol–water partition coefficient (Wildman–Crippen LogP) is 3.82. The van der Waals surface area contributed by atoms with Gasteiger partial charge in [-0.05, 0) is 42.5 Å². The van der Waals surface area contributed by atoms with Crippen LogP contribution in [0.1, 0.15) is 34.7 Å². The molecule has 1 saturated carbocycles. The number of rotatable bonds is 3. The van der Waals surface area contributed by atoms with Gasteiger partial charge in [-0.2, -0.15) is 0 Å². The monoisotopic (exact) mass is 237 g/mol. The number of carbonyl (C=O) groups excluding carboxylic acids is 1. The van der Waals surface area contributed by atoms with E-state index in [0.29, 0.717) is 5.92 Å². The van der Waals surface area contributed by atoms with Crippen LogP contribution in [0.4, 0.5) is 5.69 Å². The summed E-state index contributed by atoms with van der Waals surface area (Å²) in [5.41, 5.74) is 2.84. The van der Waals surface area contributed by atoms with Gasteiger partial charge in [0.1, 0.15) is 0 Å². The standard InChI is InChI=1S/C16H15NO/c18-16(17-13-6-2-1-3-7-13)15-9-5-4-8-14(15)12-10-11-12/h1-9,12H,10-11H2,(H,17,18). The lowest BCUT2D eigenvalue weighted by molar-refractivity contribution is 0.102. The molecule has 0 aliphatic heterocycles. The molecule has 1 aliphatic carbocycles. The highest BCUT2D eigenvalue weighted by Crippen LogP contribution is 2.41. The molecule has 1 amide bonds. The maximum Gasteiger partial charge on any atom is 0.255 e. The average Bonchev–Trinajstić information content (AvgIpc) is 3.24. The van der Waals surface area contributed by atoms with Crippen LogP contribution >= 0.6 is 0 Å². The van der Waals surface area contributed by atoms with Gasteiger partial charge in [0, 0.05) is 11.3 Å². The maximum atomic E-state index is 12.3. The molecule has 0 spiro atoms. The number of carbonyl (C=O) groups is 1. The summed E-state index contributed by atoms with van der Waals surface area (Å²) in [6.45, 7) is 0. The van der Waals surface area contributed by atoms with E-state index in [0.717, 1.165) is 11.3 Å². The van der Waals surface area contributed by atoms with E-state index in [1.807, 2.05) is 48.5 Å². The molecule has 2 aromatic carbocycles. The van der Waals surface area contributed by atoms with Crippen molar-refractivity contribution in [1.82, 2.24) is 0 Å². The maximum absolute atomic E-state index is 12.3. The van der Waals surface area contributed by atoms with Gasteiger partial charge in [-0.1, -0.05) is 36.4 Å². The fourth-order valence-corrected chi connectivity index (χ4v) is 2.17. The van der Waals surface area contributed by atoms with Crippen molar-refractivity contribution in [2.75, 3.05) is 5.32 Å². The second-order valence-corrected chi connectivity index (χ2v) is 4.68. The van der Waals surface area contributed by atoms with Crippen LogP contribution in [0.15, 0.2) is 54.6 Å². The minimum Gasteiger partial charge on any atom is -0.322 e. The summed E-state index contributed by atoms with van der Waals surface area (Å²) < 4.78 is 0. The summed E-state index contributed by atoms with van der Waals surface area (Å²) in [4.78, 5) is 12.3. The molecule has 3 rings (SSSR count). The second-order valence-electron chi connectivity index (χ2n) is 4.68. The Morgan fingerprint density at radius 2 is 1.61 bits per heavy atom. The summed E-state index contributed by atoms with van der Waals surface area (Å²) in [6, 6.07) is 17.5. The van der Waals surface area contributed by atoms with E-state index >= 15 is 0 Å². The topological polar surface area (TPSA) is 29.1 Å². The normalized spacial score (nSPS) is 14.2. The van der Waals surface area contributed by atoms with E-state index in [1.165, 1.54) is 18.4 Å². The van der Waals surface area contributed by atoms with Crippen molar-refractivity contribution < 1.29 is 4.79 Å². The van der Waals surface area contributed by atoms with Crippen LogP contribution in [0.2, 0.25) is 0 Å². The minimum absolute atomic E-state index is 0.0105. The van der Waals surface area contributed by atoms with Crippen LogP contribution in [0.3, 0.4) is 0 Å². The Labute approximate surface area is 107 Å². The number of anilines is 1. The molecule has 2 heteroatoms. The number of benzene rings is 2. The number of para-hydroxylation sites is 1. The molecule has 2 aromatic rings. The van der Waals surface area contributed by atoms with Crippen LogP contribution in [0.25, 0.3) is 0 Å². The van der Waals surface area contributed by atoms with Gasteiger partial charge in [-0.25, -0.2) is 0 Å². The molecule has 0 radical (unpaired) electrons. The summed E-state index contributed by atoms with van der Waals surface area (Å²) in [7, 11) is 0. The summed E-state index contributed by atoms with van der Waals surface area (Å²) in [5.74, 6) is 0.575. The van der Waals surface area contributed by atoms with Crippen molar-refractivity contribution in [3.8, 4) is 0 Å². The molecular formula is C16H15NO. The Morgan fingerprint density at radius 1 is 0.944 bits per heavy atom. The Bertz CT molecular complexity index is 558. The van der Waals surface area contributed by atoms with Crippen LogP contribution in [0.5, 0.6) is 0 Å². The highest BCUT2D eigenvalue weighted by molar-refractivity contribution is 6.05. The fourth-order valence-electron chi connectivity index (χ4n) is 2.17. The molecule has 0 heterocycles. The van der Waals surface area contributed by atoms with Gasteiger partial charge in [-0.3, -0.25) is 4.79 Å². The number of nitrogens with one attached hydrogen (secondary N) is 1. The number of hydrogen-bond donors (Lipinski definition) is 1. The SMILES string of the molecule is O=C(Nc1ccccc1)c1ccccc1C1CC1. The Balaban J connectivity index is 1.84. The van der Waals surface area contributed by atoms with E-state index in [-0.39, 0.29) is 5.91 Å². The first-order valence-electron chi connectivity index (χ1n) is 6.30. The lowest BCUT2D eigenvalue weighted by Crippen LogP contribution is -2.13. The molecule has 0 unspecified atom stereocenters. The predicted molar refractivity (Wildman–Crippen MR) is 72.8 cm³/mol. The van der Waals surface area contributed by atoms with Crippen LogP contribution in [0, 0.1) is 0 Å². The van der Waals surface area contributed by atoms with E-state index in [4.69, 9.17) is 0 Å². The first-order chi connectivity index (χ1) is 8.84. The van der Waals surface area contributed by atoms with E-state index < -0.39 is 0 Å². The smallest absolute Gasteiger partial charge is 0.255 e. The van der Waals surface area contributed by atoms with Gasteiger partial charge < -0.3 is 5.32 Å². The molecule has 18 heavy (non-hydrogen) atoms. The molecule has 0 atom stereocenters. The van der Waals surface area contributed by atoms with Crippen molar-refractivity contribution in [1.29, 1.82) is 0 Å². The lowest BCUT2D eigenvalue weighted by Gasteiger charge is -2.09. The zero-order valence-electron chi connectivity index (χ0n) is 10.1. The van der Waals surface area contributed by atoms with Gasteiger partial charge in [0.05, 0.1) is 0 Å². The van der Waals surface area contributed by atoms with Crippen molar-refractivity contribution >= 4 is 11.6 Å². The number of amides is 1. The molecule has 1 N–H and O–H groups in total. The Hall–Kier alpha value is -2.09.